The minimum absolute atomic E-state index is 0.195. The second-order valence-electron chi connectivity index (χ2n) is 13.3. The average molecular weight is 596 g/mol. The lowest BCUT2D eigenvalue weighted by molar-refractivity contribution is -0.123. The zero-order valence-corrected chi connectivity index (χ0v) is 26.2. The summed E-state index contributed by atoms with van der Waals surface area (Å²) < 4.78 is 2.10. The number of rotatable bonds is 6. The van der Waals surface area contributed by atoms with Gasteiger partial charge in [0.25, 0.3) is 5.91 Å². The molecule has 1 atom stereocenters. The number of carbonyl (C=O) groups excluding carboxylic acids is 2. The van der Waals surface area contributed by atoms with Crippen molar-refractivity contribution in [3.63, 3.8) is 0 Å². The molecule has 1 saturated carbocycles. The first-order chi connectivity index (χ1) is 21.5. The summed E-state index contributed by atoms with van der Waals surface area (Å²) in [6.45, 7) is 4.80. The van der Waals surface area contributed by atoms with E-state index in [1.54, 1.807) is 0 Å². The van der Waals surface area contributed by atoms with Crippen LogP contribution in [-0.2, 0) is 4.79 Å². The molecule has 1 amide bonds. The van der Waals surface area contributed by atoms with Crippen LogP contribution < -0.4 is 10.2 Å². The molecule has 2 aliphatic carbocycles. The molecule has 2 aliphatic heterocycles. The predicted octanol–water partition coefficient (Wildman–Crippen LogP) is 5.04. The fourth-order valence-corrected chi connectivity index (χ4v) is 7.74. The van der Waals surface area contributed by atoms with E-state index >= 15 is 0 Å². The van der Waals surface area contributed by atoms with Crippen LogP contribution in [0.25, 0.3) is 22.0 Å². The summed E-state index contributed by atoms with van der Waals surface area (Å²) in [5.41, 5.74) is 6.03. The van der Waals surface area contributed by atoms with Crippen molar-refractivity contribution < 1.29 is 9.59 Å². The topological polar surface area (TPSA) is 86.6 Å². The van der Waals surface area contributed by atoms with Gasteiger partial charge in [0.15, 0.2) is 11.5 Å². The van der Waals surface area contributed by atoms with Gasteiger partial charge in [0.2, 0.25) is 0 Å². The van der Waals surface area contributed by atoms with Crippen LogP contribution in [0.1, 0.15) is 74.3 Å². The van der Waals surface area contributed by atoms with E-state index in [4.69, 9.17) is 10.1 Å². The highest BCUT2D eigenvalue weighted by Crippen LogP contribution is 2.36. The first kappa shape index (κ1) is 29.0. The summed E-state index contributed by atoms with van der Waals surface area (Å²) in [5, 5.41) is 8.99. The molecule has 3 aromatic rings. The van der Waals surface area contributed by atoms with Gasteiger partial charge in [0.1, 0.15) is 5.82 Å². The van der Waals surface area contributed by atoms with E-state index in [0.29, 0.717) is 24.8 Å². The molecule has 2 aromatic heterocycles. The van der Waals surface area contributed by atoms with Crippen LogP contribution in [0.2, 0.25) is 0 Å². The molecule has 1 saturated heterocycles. The first-order valence-corrected chi connectivity index (χ1v) is 16.6. The summed E-state index contributed by atoms with van der Waals surface area (Å²) in [5.74, 6) is 0.765. The molecular formula is C35H45N7O2. The number of ketones is 1. The Bertz CT molecular complexity index is 1560. The smallest absolute Gasteiger partial charge is 0.272 e. The molecule has 9 nitrogen and oxygen atoms in total. The van der Waals surface area contributed by atoms with Crippen LogP contribution in [0, 0.1) is 5.92 Å². The van der Waals surface area contributed by atoms with E-state index in [-0.39, 0.29) is 17.6 Å². The molecule has 232 valence electrons. The highest BCUT2D eigenvalue weighted by molar-refractivity contribution is 6.06. The standard InChI is InChI=1S/C35H45N7O2/c1-39-16-18-41(19-17-39)33-15-13-25(21-36-33)24-12-14-31-28(20-24)34(38-42(31)26-8-4-3-5-9-26)35(44)37-22-29-27-10-6-7-11-30(27)40(2)23-32(29)43/h12-15,20-21,26,29H,3-11,16-19,22-23H2,1-2H3,(H,37,44). The molecule has 1 unspecified atom stereocenters. The van der Waals surface area contributed by atoms with E-state index in [1.807, 2.05) is 13.2 Å². The number of benzene rings is 1. The minimum atomic E-state index is -0.238. The Balaban J connectivity index is 1.17. The molecule has 2 fully saturated rings. The Labute approximate surface area is 260 Å². The van der Waals surface area contributed by atoms with Crippen molar-refractivity contribution in [2.24, 2.45) is 5.92 Å². The fourth-order valence-electron chi connectivity index (χ4n) is 7.74. The van der Waals surface area contributed by atoms with Crippen LogP contribution in [-0.4, -0.2) is 89.6 Å². The summed E-state index contributed by atoms with van der Waals surface area (Å²) in [4.78, 5) is 38.6. The third-order valence-electron chi connectivity index (χ3n) is 10.4. The number of likely N-dealkylation sites (N-methyl/N-ethyl adjacent to an activating group) is 2. The summed E-state index contributed by atoms with van der Waals surface area (Å²) in [6, 6.07) is 10.9. The maximum Gasteiger partial charge on any atom is 0.272 e. The maximum atomic E-state index is 13.9. The van der Waals surface area contributed by atoms with E-state index < -0.39 is 0 Å². The van der Waals surface area contributed by atoms with Crippen molar-refractivity contribution in [3.8, 4) is 11.1 Å². The number of nitrogens with zero attached hydrogens (tertiary/aromatic N) is 6. The van der Waals surface area contributed by atoms with Crippen molar-refractivity contribution in [3.05, 3.63) is 53.5 Å². The summed E-state index contributed by atoms with van der Waals surface area (Å²) in [7, 11) is 4.18. The van der Waals surface area contributed by atoms with Gasteiger partial charge in [-0.1, -0.05) is 25.3 Å². The quantitative estimate of drug-likeness (QED) is 0.427. The molecule has 0 bridgehead atoms. The van der Waals surface area contributed by atoms with Gasteiger partial charge < -0.3 is 20.0 Å². The van der Waals surface area contributed by atoms with Crippen molar-refractivity contribution in [1.29, 1.82) is 0 Å². The number of anilines is 1. The zero-order valence-electron chi connectivity index (χ0n) is 26.2. The first-order valence-electron chi connectivity index (χ1n) is 16.6. The Morgan fingerprint density at radius 3 is 2.48 bits per heavy atom. The van der Waals surface area contributed by atoms with E-state index in [1.165, 1.54) is 30.5 Å². The van der Waals surface area contributed by atoms with Gasteiger partial charge in [0.05, 0.1) is 24.0 Å². The molecule has 1 aromatic carbocycles. The molecule has 7 rings (SSSR count). The molecule has 44 heavy (non-hydrogen) atoms. The lowest BCUT2D eigenvalue weighted by Crippen LogP contribution is -2.44. The Hall–Kier alpha value is -3.72. The van der Waals surface area contributed by atoms with E-state index in [0.717, 1.165) is 92.6 Å². The summed E-state index contributed by atoms with van der Waals surface area (Å²) in [6.07, 6.45) is 12.0. The molecular weight excluding hydrogens is 550 g/mol. The second-order valence-corrected chi connectivity index (χ2v) is 13.3. The largest absolute Gasteiger partial charge is 0.371 e. The number of pyridine rings is 1. The Morgan fingerprint density at radius 1 is 0.932 bits per heavy atom. The average Bonchev–Trinajstić information content (AvgIpc) is 3.44. The third kappa shape index (κ3) is 5.62. The van der Waals surface area contributed by atoms with Crippen molar-refractivity contribution in [2.75, 3.05) is 58.3 Å². The van der Waals surface area contributed by atoms with E-state index in [2.05, 4.69) is 62.1 Å². The molecule has 0 spiro atoms. The maximum absolute atomic E-state index is 13.9. The second kappa shape index (κ2) is 12.3. The highest BCUT2D eigenvalue weighted by Gasteiger charge is 2.34. The molecule has 0 radical (unpaired) electrons. The van der Waals surface area contributed by atoms with Crippen molar-refractivity contribution in [1.82, 2.24) is 29.9 Å². The lowest BCUT2D eigenvalue weighted by atomic mass is 9.81. The van der Waals surface area contributed by atoms with Crippen LogP contribution in [0.4, 0.5) is 5.82 Å². The van der Waals surface area contributed by atoms with Crippen LogP contribution >= 0.6 is 0 Å². The number of allylic oxidation sites excluding steroid dienone is 1. The van der Waals surface area contributed by atoms with Crippen molar-refractivity contribution in [2.45, 2.75) is 63.8 Å². The van der Waals surface area contributed by atoms with Gasteiger partial charge in [-0.2, -0.15) is 5.10 Å². The third-order valence-corrected chi connectivity index (χ3v) is 10.4. The number of carbonyl (C=O) groups is 2. The molecule has 4 heterocycles. The van der Waals surface area contributed by atoms with Gasteiger partial charge in [-0.3, -0.25) is 14.3 Å². The lowest BCUT2D eigenvalue weighted by Gasteiger charge is -2.37. The number of nitrogens with one attached hydrogen (secondary N) is 1. The number of Topliss-reactive ketones (excluding diaryl/α,β-unsaturated/α-hetero) is 1. The fraction of sp³-hybridized carbons (Fsp3) is 0.543. The number of fused-ring (bicyclic) bond motifs is 1. The van der Waals surface area contributed by atoms with Gasteiger partial charge in [-0.05, 0) is 81.0 Å². The molecule has 9 heteroatoms. The minimum Gasteiger partial charge on any atom is -0.371 e. The Kier molecular flexibility index (Phi) is 8.14. The summed E-state index contributed by atoms with van der Waals surface area (Å²) >= 11 is 0. The zero-order chi connectivity index (χ0) is 30.2. The van der Waals surface area contributed by atoms with Crippen LogP contribution in [0.5, 0.6) is 0 Å². The molecule has 4 aliphatic rings. The predicted molar refractivity (Wildman–Crippen MR) is 174 cm³/mol. The van der Waals surface area contributed by atoms with Crippen molar-refractivity contribution >= 4 is 28.4 Å². The van der Waals surface area contributed by atoms with E-state index in [9.17, 15) is 9.59 Å². The molecule has 1 N–H and O–H groups in total. The Morgan fingerprint density at radius 2 is 1.70 bits per heavy atom. The highest BCUT2D eigenvalue weighted by atomic mass is 16.2. The number of hydrogen-bond donors (Lipinski definition) is 1. The SMILES string of the molecule is CN1CCN(c2ccc(-c3ccc4c(c3)c(C(=O)NCC3C(=O)CN(C)C5=C3CCCC5)nn4C3CCCCC3)cn2)CC1. The van der Waals surface area contributed by atoms with Gasteiger partial charge in [-0.25, -0.2) is 4.98 Å². The van der Waals surface area contributed by atoms with Gasteiger partial charge >= 0.3 is 0 Å². The number of piperazine rings is 1. The van der Waals surface area contributed by atoms with Gasteiger partial charge in [0, 0.05) is 62.6 Å². The number of amides is 1. The van der Waals surface area contributed by atoms with Gasteiger partial charge in [-0.15, -0.1) is 0 Å². The normalized spacial score (nSPS) is 22.0. The van der Waals surface area contributed by atoms with Crippen LogP contribution in [0.3, 0.4) is 0 Å². The monoisotopic (exact) mass is 595 g/mol. The number of aromatic nitrogens is 3. The number of hydrogen-bond acceptors (Lipinski definition) is 7. The van der Waals surface area contributed by atoms with Crippen LogP contribution in [0.15, 0.2) is 47.8 Å².